The first-order chi connectivity index (χ1) is 9.80. The molecule has 2 aromatic rings. The Morgan fingerprint density at radius 3 is 2.15 bits per heavy atom. The van der Waals surface area contributed by atoms with E-state index in [1.165, 1.54) is 57.8 Å². The van der Waals surface area contributed by atoms with Crippen LogP contribution in [0, 0.1) is 0 Å². The third-order valence-corrected chi connectivity index (χ3v) is 6.53. The maximum Gasteiger partial charge on any atom is 0.0488 e. The Hall–Kier alpha value is -0.340. The van der Waals surface area contributed by atoms with Crippen molar-refractivity contribution in [3.05, 3.63) is 21.4 Å². The van der Waals surface area contributed by atoms with Crippen molar-refractivity contribution in [3.63, 3.8) is 0 Å². The standard InChI is InChI=1S/C18H28S2/c1-4-7-10-14-13-17-18(19-14)15(11-8-5-2)16(20-17)12-9-6-3/h13H,4-12H2,1-3H3. The van der Waals surface area contributed by atoms with Gasteiger partial charge in [0.05, 0.1) is 0 Å². The first-order valence-corrected chi connectivity index (χ1v) is 9.96. The molecule has 0 radical (unpaired) electrons. The minimum atomic E-state index is 1.28. The summed E-state index contributed by atoms with van der Waals surface area (Å²) in [6.07, 6.45) is 11.8. The molecule has 0 nitrogen and oxygen atoms in total. The van der Waals surface area contributed by atoms with Crippen molar-refractivity contribution in [1.29, 1.82) is 0 Å². The summed E-state index contributed by atoms with van der Waals surface area (Å²) in [5.41, 5.74) is 1.70. The third-order valence-electron chi connectivity index (χ3n) is 3.91. The zero-order chi connectivity index (χ0) is 14.4. The van der Waals surface area contributed by atoms with E-state index >= 15 is 0 Å². The van der Waals surface area contributed by atoms with Gasteiger partial charge in [0.1, 0.15) is 0 Å². The highest BCUT2D eigenvalue weighted by Gasteiger charge is 2.14. The Morgan fingerprint density at radius 1 is 0.800 bits per heavy atom. The molecular weight excluding hydrogens is 280 g/mol. The largest absolute Gasteiger partial charge is 0.139 e. The van der Waals surface area contributed by atoms with E-state index in [1.807, 2.05) is 0 Å². The second-order valence-corrected chi connectivity index (χ2v) is 7.99. The van der Waals surface area contributed by atoms with E-state index in [4.69, 9.17) is 0 Å². The maximum atomic E-state index is 2.48. The highest BCUT2D eigenvalue weighted by molar-refractivity contribution is 7.28. The van der Waals surface area contributed by atoms with Crippen LogP contribution in [0.3, 0.4) is 0 Å². The van der Waals surface area contributed by atoms with Gasteiger partial charge in [0.2, 0.25) is 0 Å². The summed E-state index contributed by atoms with van der Waals surface area (Å²) in [5.74, 6) is 0. The monoisotopic (exact) mass is 308 g/mol. The Bertz CT molecular complexity index is 519. The van der Waals surface area contributed by atoms with Crippen LogP contribution in [0.15, 0.2) is 6.07 Å². The second-order valence-electron chi connectivity index (χ2n) is 5.72. The zero-order valence-electron chi connectivity index (χ0n) is 13.3. The van der Waals surface area contributed by atoms with Crippen LogP contribution in [0.25, 0.3) is 9.40 Å². The molecule has 2 aromatic heterocycles. The first kappa shape index (κ1) is 16.0. The molecule has 112 valence electrons. The van der Waals surface area contributed by atoms with E-state index in [-0.39, 0.29) is 0 Å². The van der Waals surface area contributed by atoms with Gasteiger partial charge in [-0.25, -0.2) is 0 Å². The molecule has 0 atom stereocenters. The molecule has 0 aliphatic heterocycles. The van der Waals surface area contributed by atoms with Crippen LogP contribution in [0.1, 0.15) is 74.6 Å². The van der Waals surface area contributed by atoms with Crippen LogP contribution in [-0.4, -0.2) is 0 Å². The van der Waals surface area contributed by atoms with Crippen LogP contribution in [0.4, 0.5) is 0 Å². The van der Waals surface area contributed by atoms with Crippen LogP contribution >= 0.6 is 22.7 Å². The van der Waals surface area contributed by atoms with Crippen LogP contribution in [0.5, 0.6) is 0 Å². The number of unbranched alkanes of at least 4 members (excludes halogenated alkanes) is 3. The Morgan fingerprint density at radius 2 is 1.45 bits per heavy atom. The molecule has 0 saturated heterocycles. The lowest BCUT2D eigenvalue weighted by atomic mass is 10.1. The number of thiophene rings is 2. The summed E-state index contributed by atoms with van der Waals surface area (Å²) in [5, 5.41) is 0. The Labute approximate surface area is 132 Å². The molecule has 0 aliphatic carbocycles. The van der Waals surface area contributed by atoms with Gasteiger partial charge in [-0.3, -0.25) is 0 Å². The average Bonchev–Trinajstić information content (AvgIpc) is 2.98. The molecule has 0 aromatic carbocycles. The lowest BCUT2D eigenvalue weighted by Crippen LogP contribution is -1.89. The van der Waals surface area contributed by atoms with E-state index in [1.54, 1.807) is 24.7 Å². The van der Waals surface area contributed by atoms with Crippen molar-refractivity contribution >= 4 is 32.1 Å². The summed E-state index contributed by atoms with van der Waals surface area (Å²) in [6, 6.07) is 2.48. The van der Waals surface area contributed by atoms with Gasteiger partial charge in [-0.05, 0) is 50.2 Å². The topological polar surface area (TPSA) is 0 Å². The van der Waals surface area contributed by atoms with E-state index in [2.05, 4.69) is 49.5 Å². The Balaban J connectivity index is 2.24. The highest BCUT2D eigenvalue weighted by Crippen LogP contribution is 2.39. The number of hydrogen-bond acceptors (Lipinski definition) is 2. The molecule has 0 spiro atoms. The summed E-state index contributed by atoms with van der Waals surface area (Å²) < 4.78 is 3.19. The van der Waals surface area contributed by atoms with Crippen LogP contribution in [-0.2, 0) is 19.3 Å². The molecule has 0 unspecified atom stereocenters. The van der Waals surface area contributed by atoms with Gasteiger partial charge >= 0.3 is 0 Å². The summed E-state index contributed by atoms with van der Waals surface area (Å²) in [6.45, 7) is 6.88. The smallest absolute Gasteiger partial charge is 0.0488 e. The lowest BCUT2D eigenvalue weighted by Gasteiger charge is -2.03. The molecule has 0 bridgehead atoms. The van der Waals surface area contributed by atoms with Crippen molar-refractivity contribution in [2.24, 2.45) is 0 Å². The molecule has 2 rings (SSSR count). The third kappa shape index (κ3) is 3.85. The molecule has 0 aliphatic rings. The minimum absolute atomic E-state index is 1.28. The van der Waals surface area contributed by atoms with Gasteiger partial charge in [-0.15, -0.1) is 22.7 Å². The second kappa shape index (κ2) is 8.19. The molecule has 0 fully saturated rings. The van der Waals surface area contributed by atoms with Crippen molar-refractivity contribution in [1.82, 2.24) is 0 Å². The van der Waals surface area contributed by atoms with Gasteiger partial charge < -0.3 is 0 Å². The van der Waals surface area contributed by atoms with E-state index in [0.29, 0.717) is 0 Å². The van der Waals surface area contributed by atoms with Crippen molar-refractivity contribution in [3.8, 4) is 0 Å². The molecule has 2 heterocycles. The maximum absolute atomic E-state index is 2.48. The van der Waals surface area contributed by atoms with Crippen molar-refractivity contribution < 1.29 is 0 Å². The van der Waals surface area contributed by atoms with Gasteiger partial charge in [0, 0.05) is 19.2 Å². The van der Waals surface area contributed by atoms with Crippen LogP contribution < -0.4 is 0 Å². The van der Waals surface area contributed by atoms with Gasteiger partial charge in [0.15, 0.2) is 0 Å². The highest BCUT2D eigenvalue weighted by atomic mass is 32.1. The number of rotatable bonds is 9. The van der Waals surface area contributed by atoms with E-state index in [9.17, 15) is 0 Å². The molecule has 0 saturated carbocycles. The summed E-state index contributed by atoms with van der Waals surface area (Å²) >= 11 is 4.16. The first-order valence-electron chi connectivity index (χ1n) is 8.33. The summed E-state index contributed by atoms with van der Waals surface area (Å²) in [7, 11) is 0. The zero-order valence-corrected chi connectivity index (χ0v) is 14.9. The average molecular weight is 309 g/mol. The van der Waals surface area contributed by atoms with E-state index in [0.717, 1.165) is 0 Å². The SMILES string of the molecule is CCCCc1cc2sc(CCCC)c(CCCC)c2s1. The number of fused-ring (bicyclic) bond motifs is 1. The molecule has 2 heteroatoms. The fourth-order valence-electron chi connectivity index (χ4n) is 2.65. The van der Waals surface area contributed by atoms with Crippen molar-refractivity contribution in [2.45, 2.75) is 78.6 Å². The summed E-state index contributed by atoms with van der Waals surface area (Å²) in [4.78, 5) is 3.29. The number of aryl methyl sites for hydroxylation is 3. The molecule has 20 heavy (non-hydrogen) atoms. The van der Waals surface area contributed by atoms with Gasteiger partial charge in [-0.2, -0.15) is 0 Å². The number of hydrogen-bond donors (Lipinski definition) is 0. The predicted octanol–water partition coefficient (Wildman–Crippen LogP) is 6.99. The lowest BCUT2D eigenvalue weighted by molar-refractivity contribution is 0.771. The molecular formula is C18H28S2. The quantitative estimate of drug-likeness (QED) is 0.468. The molecule has 0 N–H and O–H groups in total. The molecule has 0 amide bonds. The van der Waals surface area contributed by atoms with Gasteiger partial charge in [0.25, 0.3) is 0 Å². The normalized spacial score (nSPS) is 11.6. The minimum Gasteiger partial charge on any atom is -0.139 e. The van der Waals surface area contributed by atoms with Crippen LogP contribution in [0.2, 0.25) is 0 Å². The van der Waals surface area contributed by atoms with E-state index < -0.39 is 0 Å². The fourth-order valence-corrected chi connectivity index (χ4v) is 5.49. The van der Waals surface area contributed by atoms with Gasteiger partial charge in [-0.1, -0.05) is 40.0 Å². The predicted molar refractivity (Wildman–Crippen MR) is 95.5 cm³/mol. The fraction of sp³-hybridized carbons (Fsp3) is 0.667. The van der Waals surface area contributed by atoms with Crippen molar-refractivity contribution in [2.75, 3.05) is 0 Å². The Kier molecular flexibility index (Phi) is 6.57.